The van der Waals surface area contributed by atoms with E-state index in [9.17, 15) is 14.5 Å². The van der Waals surface area contributed by atoms with Gasteiger partial charge < -0.3 is 10.1 Å². The Balaban J connectivity index is 2.12. The van der Waals surface area contributed by atoms with E-state index < -0.39 is 10.7 Å². The molecule has 0 spiro atoms. The molecule has 110 valence electrons. The number of nitrogens with zero attached hydrogens (tertiary/aromatic N) is 1. The summed E-state index contributed by atoms with van der Waals surface area (Å²) in [5.41, 5.74) is 0.0719. The Morgan fingerprint density at radius 1 is 1.60 bits per heavy atom. The standard InChI is InChI=1S/C13H16BrFN2O3/c1-2-13-8(3-4-20-13)7-16-11-6-10(15)9(14)5-12(11)17(18)19/h5-6,8,13,16H,2-4,7H2,1H3. The maximum absolute atomic E-state index is 13.5. The molecule has 0 radical (unpaired) electrons. The van der Waals surface area contributed by atoms with Crippen LogP contribution in [0, 0.1) is 21.8 Å². The summed E-state index contributed by atoms with van der Waals surface area (Å²) in [5.74, 6) is -0.223. The Hall–Kier alpha value is -1.21. The Kier molecular flexibility index (Phi) is 4.93. The van der Waals surface area contributed by atoms with E-state index in [2.05, 4.69) is 21.2 Å². The third-order valence-electron chi connectivity index (χ3n) is 3.54. The minimum Gasteiger partial charge on any atom is -0.379 e. The molecule has 2 rings (SSSR count). The number of nitro benzene ring substituents is 1. The molecule has 1 aromatic rings. The van der Waals surface area contributed by atoms with Crippen LogP contribution in [0.4, 0.5) is 15.8 Å². The van der Waals surface area contributed by atoms with Gasteiger partial charge in [0, 0.05) is 31.2 Å². The van der Waals surface area contributed by atoms with E-state index in [-0.39, 0.29) is 22.0 Å². The van der Waals surface area contributed by atoms with Gasteiger partial charge in [-0.3, -0.25) is 10.1 Å². The molecule has 0 saturated carbocycles. The van der Waals surface area contributed by atoms with Gasteiger partial charge in [0.15, 0.2) is 0 Å². The fraction of sp³-hybridized carbons (Fsp3) is 0.538. The molecule has 1 heterocycles. The third kappa shape index (κ3) is 3.27. The predicted octanol–water partition coefficient (Wildman–Crippen LogP) is 3.72. The van der Waals surface area contributed by atoms with Gasteiger partial charge in [-0.15, -0.1) is 0 Å². The summed E-state index contributed by atoms with van der Waals surface area (Å²) in [4.78, 5) is 10.5. The maximum atomic E-state index is 13.5. The number of nitro groups is 1. The first-order valence-corrected chi connectivity index (χ1v) is 7.31. The van der Waals surface area contributed by atoms with Gasteiger partial charge in [-0.25, -0.2) is 4.39 Å². The second kappa shape index (κ2) is 6.49. The molecule has 0 amide bonds. The zero-order valence-corrected chi connectivity index (χ0v) is 12.7. The van der Waals surface area contributed by atoms with Crippen molar-refractivity contribution in [1.82, 2.24) is 0 Å². The second-order valence-corrected chi connectivity index (χ2v) is 5.64. The number of halogens is 2. The van der Waals surface area contributed by atoms with Crippen LogP contribution in [0.25, 0.3) is 0 Å². The first-order chi connectivity index (χ1) is 9.52. The quantitative estimate of drug-likeness (QED) is 0.651. The summed E-state index contributed by atoms with van der Waals surface area (Å²) in [6.07, 6.45) is 1.99. The minimum atomic E-state index is -0.521. The largest absolute Gasteiger partial charge is 0.379 e. The van der Waals surface area contributed by atoms with Crippen molar-refractivity contribution in [3.63, 3.8) is 0 Å². The van der Waals surface area contributed by atoms with E-state index >= 15 is 0 Å². The van der Waals surface area contributed by atoms with E-state index in [1.165, 1.54) is 6.07 Å². The van der Waals surface area contributed by atoms with Crippen LogP contribution in [-0.2, 0) is 4.74 Å². The van der Waals surface area contributed by atoms with Crippen LogP contribution in [0.3, 0.4) is 0 Å². The van der Waals surface area contributed by atoms with E-state index in [1.54, 1.807) is 0 Å². The Labute approximate surface area is 124 Å². The van der Waals surface area contributed by atoms with E-state index in [4.69, 9.17) is 4.74 Å². The fourth-order valence-corrected chi connectivity index (χ4v) is 2.78. The first kappa shape index (κ1) is 15.2. The number of rotatable bonds is 5. The van der Waals surface area contributed by atoms with Crippen molar-refractivity contribution in [3.8, 4) is 0 Å². The van der Waals surface area contributed by atoms with Gasteiger partial charge in [-0.05, 0) is 28.8 Å². The van der Waals surface area contributed by atoms with E-state index in [1.807, 2.05) is 6.92 Å². The molecule has 1 aromatic carbocycles. The summed E-state index contributed by atoms with van der Waals surface area (Å²) in [5, 5.41) is 14.0. The van der Waals surface area contributed by atoms with Crippen LogP contribution in [-0.4, -0.2) is 24.2 Å². The molecule has 5 nitrogen and oxygen atoms in total. The summed E-state index contributed by atoms with van der Waals surface area (Å²) >= 11 is 2.96. The normalized spacial score (nSPS) is 21.9. The molecule has 0 aliphatic carbocycles. The maximum Gasteiger partial charge on any atom is 0.293 e. The molecular weight excluding hydrogens is 331 g/mol. The summed E-state index contributed by atoms with van der Waals surface area (Å²) in [7, 11) is 0. The number of benzene rings is 1. The molecule has 2 atom stereocenters. The third-order valence-corrected chi connectivity index (χ3v) is 4.15. The molecule has 1 N–H and O–H groups in total. The van der Waals surface area contributed by atoms with Gasteiger partial charge >= 0.3 is 0 Å². The lowest BCUT2D eigenvalue weighted by Gasteiger charge is -2.18. The van der Waals surface area contributed by atoms with Gasteiger partial charge in [0.1, 0.15) is 11.5 Å². The lowest BCUT2D eigenvalue weighted by atomic mass is 9.99. The van der Waals surface area contributed by atoms with Gasteiger partial charge in [-0.1, -0.05) is 6.92 Å². The second-order valence-electron chi connectivity index (χ2n) is 4.79. The van der Waals surface area contributed by atoms with Crippen LogP contribution in [0.5, 0.6) is 0 Å². The van der Waals surface area contributed by atoms with Crippen molar-refractivity contribution < 1.29 is 14.1 Å². The molecule has 7 heteroatoms. The SMILES string of the molecule is CCC1OCCC1CNc1cc(F)c(Br)cc1[N+](=O)[O-]. The summed E-state index contributed by atoms with van der Waals surface area (Å²) in [6, 6.07) is 2.33. The van der Waals surface area contributed by atoms with E-state index in [0.717, 1.165) is 18.9 Å². The molecule has 20 heavy (non-hydrogen) atoms. The highest BCUT2D eigenvalue weighted by Gasteiger charge is 2.27. The monoisotopic (exact) mass is 346 g/mol. The highest BCUT2D eigenvalue weighted by atomic mass is 79.9. The topological polar surface area (TPSA) is 64.4 Å². The molecule has 1 aliphatic rings. The molecule has 2 unspecified atom stereocenters. The highest BCUT2D eigenvalue weighted by molar-refractivity contribution is 9.10. The van der Waals surface area contributed by atoms with Crippen LogP contribution in [0.2, 0.25) is 0 Å². The van der Waals surface area contributed by atoms with Crippen LogP contribution in [0.1, 0.15) is 19.8 Å². The molecule has 1 saturated heterocycles. The van der Waals surface area contributed by atoms with Gasteiger partial charge in [0.2, 0.25) is 0 Å². The highest BCUT2D eigenvalue weighted by Crippen LogP contribution is 2.31. The molecule has 1 fully saturated rings. The predicted molar refractivity (Wildman–Crippen MR) is 77.4 cm³/mol. The van der Waals surface area contributed by atoms with Crippen molar-refractivity contribution in [3.05, 3.63) is 32.5 Å². The average Bonchev–Trinajstić information content (AvgIpc) is 2.86. The minimum absolute atomic E-state index is 0.0883. The Morgan fingerprint density at radius 3 is 3.00 bits per heavy atom. The van der Waals surface area contributed by atoms with E-state index in [0.29, 0.717) is 19.1 Å². The van der Waals surface area contributed by atoms with Crippen molar-refractivity contribution >= 4 is 27.3 Å². The smallest absolute Gasteiger partial charge is 0.293 e. The van der Waals surface area contributed by atoms with Gasteiger partial charge in [0.05, 0.1) is 15.5 Å². The Morgan fingerprint density at radius 2 is 2.35 bits per heavy atom. The summed E-state index contributed by atoms with van der Waals surface area (Å²) in [6.45, 7) is 3.30. The van der Waals surface area contributed by atoms with Crippen LogP contribution >= 0.6 is 15.9 Å². The fourth-order valence-electron chi connectivity index (χ4n) is 2.45. The number of anilines is 1. The van der Waals surface area contributed by atoms with Crippen molar-refractivity contribution in [2.75, 3.05) is 18.5 Å². The molecular formula is C13H16BrFN2O3. The molecule has 0 bridgehead atoms. The van der Waals surface area contributed by atoms with Gasteiger partial charge in [-0.2, -0.15) is 0 Å². The molecule has 1 aliphatic heterocycles. The van der Waals surface area contributed by atoms with Crippen molar-refractivity contribution in [1.29, 1.82) is 0 Å². The number of hydrogen-bond donors (Lipinski definition) is 1. The lowest BCUT2D eigenvalue weighted by molar-refractivity contribution is -0.384. The first-order valence-electron chi connectivity index (χ1n) is 6.51. The van der Waals surface area contributed by atoms with Crippen LogP contribution in [0.15, 0.2) is 16.6 Å². The zero-order valence-electron chi connectivity index (χ0n) is 11.1. The molecule has 0 aromatic heterocycles. The van der Waals surface area contributed by atoms with Crippen molar-refractivity contribution in [2.24, 2.45) is 5.92 Å². The van der Waals surface area contributed by atoms with Crippen molar-refractivity contribution in [2.45, 2.75) is 25.9 Å². The van der Waals surface area contributed by atoms with Crippen LogP contribution < -0.4 is 5.32 Å². The number of ether oxygens (including phenoxy) is 1. The Bertz CT molecular complexity index is 513. The average molecular weight is 347 g/mol. The lowest BCUT2D eigenvalue weighted by Crippen LogP contribution is -2.23. The zero-order chi connectivity index (χ0) is 14.7. The summed E-state index contributed by atoms with van der Waals surface area (Å²) < 4.78 is 19.2. The van der Waals surface area contributed by atoms with Gasteiger partial charge in [0.25, 0.3) is 5.69 Å². The number of hydrogen-bond acceptors (Lipinski definition) is 4. The number of nitrogens with one attached hydrogen (secondary N) is 1.